The van der Waals surface area contributed by atoms with E-state index >= 15 is 0 Å². The topological polar surface area (TPSA) is 24.9 Å². The number of thiophene rings is 1. The van der Waals surface area contributed by atoms with E-state index < -0.39 is 0 Å². The molecule has 0 unspecified atom stereocenters. The van der Waals surface area contributed by atoms with Crippen molar-refractivity contribution in [3.8, 4) is 0 Å². The van der Waals surface area contributed by atoms with Gasteiger partial charge in [0.05, 0.1) is 0 Å². The van der Waals surface area contributed by atoms with E-state index in [2.05, 4.69) is 34.1 Å². The van der Waals surface area contributed by atoms with Gasteiger partial charge in [0.15, 0.2) is 0 Å². The standard InChI is InChI=1S/C13H16N2S/c1-10-8-16-9-13(10)7-14-5-12-4-3-11(2)15-6-12/h3-4,6,8-9,14H,5,7H2,1-2H3. The lowest BCUT2D eigenvalue weighted by Gasteiger charge is -2.04. The normalized spacial score (nSPS) is 10.6. The highest BCUT2D eigenvalue weighted by Gasteiger charge is 1.98. The van der Waals surface area contributed by atoms with Gasteiger partial charge in [0.25, 0.3) is 0 Å². The summed E-state index contributed by atoms with van der Waals surface area (Å²) in [7, 11) is 0. The largest absolute Gasteiger partial charge is 0.309 e. The number of nitrogens with zero attached hydrogens (tertiary/aromatic N) is 1. The molecule has 0 aliphatic rings. The molecule has 16 heavy (non-hydrogen) atoms. The molecule has 0 saturated carbocycles. The zero-order valence-electron chi connectivity index (χ0n) is 9.66. The molecule has 2 aromatic rings. The van der Waals surface area contributed by atoms with Gasteiger partial charge in [-0.15, -0.1) is 0 Å². The molecule has 2 aromatic heterocycles. The molecule has 0 aromatic carbocycles. The molecule has 3 heteroatoms. The summed E-state index contributed by atoms with van der Waals surface area (Å²) in [6.07, 6.45) is 1.93. The van der Waals surface area contributed by atoms with E-state index in [4.69, 9.17) is 0 Å². The lowest BCUT2D eigenvalue weighted by atomic mass is 10.2. The first-order chi connectivity index (χ1) is 7.75. The summed E-state index contributed by atoms with van der Waals surface area (Å²) in [6.45, 7) is 5.97. The summed E-state index contributed by atoms with van der Waals surface area (Å²) in [5.41, 5.74) is 5.07. The van der Waals surface area contributed by atoms with Crippen molar-refractivity contribution in [2.45, 2.75) is 26.9 Å². The minimum atomic E-state index is 0.878. The third-order valence-electron chi connectivity index (χ3n) is 2.58. The molecule has 0 radical (unpaired) electrons. The summed E-state index contributed by atoms with van der Waals surface area (Å²) in [5.74, 6) is 0. The van der Waals surface area contributed by atoms with Crippen LogP contribution in [0, 0.1) is 13.8 Å². The Bertz CT molecular complexity index is 445. The van der Waals surface area contributed by atoms with E-state index in [9.17, 15) is 0 Å². The maximum atomic E-state index is 4.27. The van der Waals surface area contributed by atoms with Gasteiger partial charge in [-0.1, -0.05) is 6.07 Å². The average molecular weight is 232 g/mol. The van der Waals surface area contributed by atoms with Crippen LogP contribution in [0.4, 0.5) is 0 Å². The minimum Gasteiger partial charge on any atom is -0.309 e. The summed E-state index contributed by atoms with van der Waals surface area (Å²) >= 11 is 1.76. The van der Waals surface area contributed by atoms with Crippen molar-refractivity contribution >= 4 is 11.3 Å². The van der Waals surface area contributed by atoms with E-state index in [1.807, 2.05) is 19.2 Å². The van der Waals surface area contributed by atoms with E-state index in [1.165, 1.54) is 16.7 Å². The number of hydrogen-bond acceptors (Lipinski definition) is 3. The molecule has 0 bridgehead atoms. The predicted molar refractivity (Wildman–Crippen MR) is 68.6 cm³/mol. The van der Waals surface area contributed by atoms with Crippen LogP contribution in [0.3, 0.4) is 0 Å². The van der Waals surface area contributed by atoms with Crippen molar-refractivity contribution in [2.24, 2.45) is 0 Å². The van der Waals surface area contributed by atoms with Gasteiger partial charge in [-0.05, 0) is 47.4 Å². The Kier molecular flexibility index (Phi) is 3.70. The maximum absolute atomic E-state index is 4.27. The Hall–Kier alpha value is -1.19. The quantitative estimate of drug-likeness (QED) is 0.876. The predicted octanol–water partition coefficient (Wildman–Crippen LogP) is 3.05. The average Bonchev–Trinajstić information content (AvgIpc) is 2.68. The van der Waals surface area contributed by atoms with Gasteiger partial charge < -0.3 is 5.32 Å². The van der Waals surface area contributed by atoms with Gasteiger partial charge >= 0.3 is 0 Å². The molecule has 2 rings (SSSR count). The van der Waals surface area contributed by atoms with Crippen molar-refractivity contribution in [1.82, 2.24) is 10.3 Å². The first-order valence-corrected chi connectivity index (χ1v) is 6.34. The smallest absolute Gasteiger partial charge is 0.0372 e. The van der Waals surface area contributed by atoms with E-state index in [0.717, 1.165) is 18.8 Å². The van der Waals surface area contributed by atoms with Crippen LogP contribution in [0.2, 0.25) is 0 Å². The minimum absolute atomic E-state index is 0.878. The zero-order chi connectivity index (χ0) is 11.4. The fourth-order valence-corrected chi connectivity index (χ4v) is 2.37. The van der Waals surface area contributed by atoms with Crippen LogP contribution in [0.5, 0.6) is 0 Å². The number of nitrogens with one attached hydrogen (secondary N) is 1. The highest BCUT2D eigenvalue weighted by atomic mass is 32.1. The molecule has 0 atom stereocenters. The molecule has 0 amide bonds. The number of pyridine rings is 1. The lowest BCUT2D eigenvalue weighted by Crippen LogP contribution is -2.12. The van der Waals surface area contributed by atoms with Crippen LogP contribution in [0.25, 0.3) is 0 Å². The van der Waals surface area contributed by atoms with Crippen LogP contribution >= 0.6 is 11.3 Å². The maximum Gasteiger partial charge on any atom is 0.0372 e. The first kappa shape index (κ1) is 11.3. The SMILES string of the molecule is Cc1ccc(CNCc2cscc2C)cn1. The molecule has 2 heterocycles. The van der Waals surface area contributed by atoms with Gasteiger partial charge in [-0.25, -0.2) is 0 Å². The third kappa shape index (κ3) is 2.90. The summed E-state index contributed by atoms with van der Waals surface area (Å²) in [6, 6.07) is 4.17. The van der Waals surface area contributed by atoms with E-state index in [1.54, 1.807) is 11.3 Å². The fraction of sp³-hybridized carbons (Fsp3) is 0.308. The monoisotopic (exact) mass is 232 g/mol. The Balaban J connectivity index is 1.84. The van der Waals surface area contributed by atoms with Crippen molar-refractivity contribution in [2.75, 3.05) is 0 Å². The summed E-state index contributed by atoms with van der Waals surface area (Å²) < 4.78 is 0. The lowest BCUT2D eigenvalue weighted by molar-refractivity contribution is 0.690. The van der Waals surface area contributed by atoms with Crippen molar-refractivity contribution in [1.29, 1.82) is 0 Å². The first-order valence-electron chi connectivity index (χ1n) is 5.39. The third-order valence-corrected chi connectivity index (χ3v) is 3.49. The molecule has 0 aliphatic carbocycles. The molecule has 2 nitrogen and oxygen atoms in total. The second kappa shape index (κ2) is 5.23. The Morgan fingerprint density at radius 2 is 2.06 bits per heavy atom. The van der Waals surface area contributed by atoms with Crippen LogP contribution in [0.15, 0.2) is 29.1 Å². The molecule has 0 aliphatic heterocycles. The molecule has 0 spiro atoms. The number of aromatic nitrogens is 1. The molecule has 1 N–H and O–H groups in total. The van der Waals surface area contributed by atoms with Crippen LogP contribution in [-0.4, -0.2) is 4.98 Å². The summed E-state index contributed by atoms with van der Waals surface area (Å²) in [5, 5.41) is 7.82. The molecule has 0 saturated heterocycles. The Morgan fingerprint density at radius 3 is 2.69 bits per heavy atom. The van der Waals surface area contributed by atoms with Crippen molar-refractivity contribution in [3.05, 3.63) is 51.5 Å². The van der Waals surface area contributed by atoms with Crippen molar-refractivity contribution in [3.63, 3.8) is 0 Å². The van der Waals surface area contributed by atoms with Gasteiger partial charge in [0.1, 0.15) is 0 Å². The highest BCUT2D eigenvalue weighted by molar-refractivity contribution is 7.08. The number of aryl methyl sites for hydroxylation is 2. The van der Waals surface area contributed by atoms with Gasteiger partial charge in [0, 0.05) is 25.0 Å². The Morgan fingerprint density at radius 1 is 1.19 bits per heavy atom. The van der Waals surface area contributed by atoms with Crippen LogP contribution in [-0.2, 0) is 13.1 Å². The number of hydrogen-bond donors (Lipinski definition) is 1. The number of rotatable bonds is 4. The second-order valence-electron chi connectivity index (χ2n) is 3.99. The van der Waals surface area contributed by atoms with Gasteiger partial charge in [0.2, 0.25) is 0 Å². The summed E-state index contributed by atoms with van der Waals surface area (Å²) in [4.78, 5) is 4.27. The molecular formula is C13H16N2S. The van der Waals surface area contributed by atoms with Crippen LogP contribution in [0.1, 0.15) is 22.4 Å². The highest BCUT2D eigenvalue weighted by Crippen LogP contribution is 2.13. The Labute approximate surface area is 100 Å². The van der Waals surface area contributed by atoms with E-state index in [0.29, 0.717) is 0 Å². The second-order valence-corrected chi connectivity index (χ2v) is 4.73. The van der Waals surface area contributed by atoms with Crippen LogP contribution < -0.4 is 5.32 Å². The molecule has 84 valence electrons. The van der Waals surface area contributed by atoms with Gasteiger partial charge in [-0.2, -0.15) is 11.3 Å². The molecular weight excluding hydrogens is 216 g/mol. The van der Waals surface area contributed by atoms with E-state index in [-0.39, 0.29) is 0 Å². The van der Waals surface area contributed by atoms with Crippen molar-refractivity contribution < 1.29 is 0 Å². The fourth-order valence-electron chi connectivity index (χ4n) is 1.51. The zero-order valence-corrected chi connectivity index (χ0v) is 10.5. The van der Waals surface area contributed by atoms with Gasteiger partial charge in [-0.3, -0.25) is 4.98 Å². The molecule has 0 fully saturated rings.